The summed E-state index contributed by atoms with van der Waals surface area (Å²) in [5.74, 6) is -7.78. The number of imide groups is 2. The normalized spacial score (nSPS) is 21.5. The highest BCUT2D eigenvalue weighted by Crippen LogP contribution is 2.24. The van der Waals surface area contributed by atoms with Crippen molar-refractivity contribution in [3.63, 3.8) is 0 Å². The van der Waals surface area contributed by atoms with Gasteiger partial charge in [-0.15, -0.1) is 0 Å². The van der Waals surface area contributed by atoms with Gasteiger partial charge in [-0.3, -0.25) is 29.0 Å². The summed E-state index contributed by atoms with van der Waals surface area (Å²) in [7, 11) is 0. The number of aliphatic carboxylic acids is 2. The van der Waals surface area contributed by atoms with E-state index in [4.69, 9.17) is 0 Å². The first-order valence-electron chi connectivity index (χ1n) is 6.37. The molecule has 0 saturated carbocycles. The Balaban J connectivity index is 2.47. The third-order valence-corrected chi connectivity index (χ3v) is 3.52. The molecule has 22 heavy (non-hydrogen) atoms. The van der Waals surface area contributed by atoms with Crippen LogP contribution >= 0.6 is 0 Å². The Hall–Kier alpha value is -2.78. The van der Waals surface area contributed by atoms with Gasteiger partial charge in [0.15, 0.2) is 0 Å². The lowest BCUT2D eigenvalue weighted by Crippen LogP contribution is -2.66. The average Bonchev–Trinajstić information content (AvgIpc) is 2.91. The summed E-state index contributed by atoms with van der Waals surface area (Å²) in [5.41, 5.74) is 0. The zero-order valence-corrected chi connectivity index (χ0v) is 11.1. The fourth-order valence-corrected chi connectivity index (χ4v) is 2.56. The number of nitrogens with zero attached hydrogens (tertiary/aromatic N) is 2. The van der Waals surface area contributed by atoms with Crippen molar-refractivity contribution in [2.75, 3.05) is 0 Å². The predicted molar refractivity (Wildman–Crippen MR) is 59.8 cm³/mol. The van der Waals surface area contributed by atoms with Crippen LogP contribution in [0.5, 0.6) is 0 Å². The maximum absolute atomic E-state index is 11.6. The van der Waals surface area contributed by atoms with Crippen molar-refractivity contribution in [3.05, 3.63) is 0 Å². The number of carboxylic acids is 2. The Bertz CT molecular complexity index is 514. The molecule has 2 fully saturated rings. The van der Waals surface area contributed by atoms with Gasteiger partial charge in [0.05, 0.1) is 11.9 Å². The van der Waals surface area contributed by atoms with Crippen LogP contribution in [0.15, 0.2) is 0 Å². The Morgan fingerprint density at radius 1 is 0.682 bits per heavy atom. The van der Waals surface area contributed by atoms with E-state index >= 15 is 0 Å². The first kappa shape index (κ1) is 15.6. The van der Waals surface area contributed by atoms with Crippen LogP contribution in [0.2, 0.25) is 0 Å². The van der Waals surface area contributed by atoms with Crippen LogP contribution in [0.25, 0.3) is 0 Å². The van der Waals surface area contributed by atoms with Gasteiger partial charge in [0.25, 0.3) is 0 Å². The Kier molecular flexibility index (Phi) is 3.93. The number of carboxylic acid groups (broad SMARTS) is 2. The summed E-state index contributed by atoms with van der Waals surface area (Å²) < 4.78 is 0. The number of hydrogen-bond donors (Lipinski definition) is 0. The minimum Gasteiger partial charge on any atom is -0.548 e. The number of rotatable bonds is 5. The fourth-order valence-electron chi connectivity index (χ4n) is 2.56. The zero-order valence-electron chi connectivity index (χ0n) is 11.1. The summed E-state index contributed by atoms with van der Waals surface area (Å²) in [6, 6.07) is -4.61. The van der Waals surface area contributed by atoms with E-state index in [1.165, 1.54) is 0 Å². The standard InChI is InChI=1S/C12H12N2O8/c15-5-1-2-6(16)13(5)9(11(19)20)10(12(21)22)14-7(17)3-4-8(14)18/h9-10H,1-4H2,(H,19,20)(H,21,22)/p-2. The topological polar surface area (TPSA) is 155 Å². The quantitative estimate of drug-likeness (QED) is 0.460. The van der Waals surface area contributed by atoms with Crippen LogP contribution in [-0.2, 0) is 28.8 Å². The van der Waals surface area contributed by atoms with Crippen molar-refractivity contribution < 1.29 is 39.0 Å². The molecule has 0 aliphatic carbocycles. The first-order chi connectivity index (χ1) is 10.3. The molecule has 0 aromatic heterocycles. The second-order valence-corrected chi connectivity index (χ2v) is 4.84. The van der Waals surface area contributed by atoms with E-state index in [1.54, 1.807) is 0 Å². The average molecular weight is 310 g/mol. The van der Waals surface area contributed by atoms with Gasteiger partial charge in [0.1, 0.15) is 12.1 Å². The number of likely N-dealkylation sites (tertiary alicyclic amines) is 2. The van der Waals surface area contributed by atoms with Crippen LogP contribution < -0.4 is 10.2 Å². The number of hydrogen-bond acceptors (Lipinski definition) is 8. The molecule has 2 rings (SSSR count). The lowest BCUT2D eigenvalue weighted by molar-refractivity contribution is -0.324. The van der Waals surface area contributed by atoms with Crippen LogP contribution in [0.3, 0.4) is 0 Å². The Morgan fingerprint density at radius 3 is 1.09 bits per heavy atom. The van der Waals surface area contributed by atoms with Gasteiger partial charge in [0.2, 0.25) is 23.6 Å². The van der Waals surface area contributed by atoms with Gasteiger partial charge in [0, 0.05) is 25.7 Å². The molecule has 0 radical (unpaired) electrons. The molecule has 0 bridgehead atoms. The summed E-state index contributed by atoms with van der Waals surface area (Å²) in [6.45, 7) is 0. The molecule has 2 aliphatic heterocycles. The third kappa shape index (κ3) is 2.43. The van der Waals surface area contributed by atoms with E-state index in [0.29, 0.717) is 0 Å². The number of amides is 4. The largest absolute Gasteiger partial charge is 0.548 e. The van der Waals surface area contributed by atoms with Crippen molar-refractivity contribution in [3.8, 4) is 0 Å². The predicted octanol–water partition coefficient (Wildman–Crippen LogP) is -4.48. The molecule has 2 atom stereocenters. The van der Waals surface area contributed by atoms with Gasteiger partial charge in [-0.1, -0.05) is 0 Å². The second kappa shape index (κ2) is 5.54. The van der Waals surface area contributed by atoms with Crippen molar-refractivity contribution in [2.24, 2.45) is 0 Å². The van der Waals surface area contributed by atoms with Crippen LogP contribution in [0.1, 0.15) is 25.7 Å². The molecule has 118 valence electrons. The maximum Gasteiger partial charge on any atom is 0.230 e. The highest BCUT2D eigenvalue weighted by atomic mass is 16.4. The van der Waals surface area contributed by atoms with E-state index in [1.807, 2.05) is 0 Å². The fraction of sp³-hybridized carbons (Fsp3) is 0.500. The van der Waals surface area contributed by atoms with Crippen LogP contribution in [0, 0.1) is 0 Å². The van der Waals surface area contributed by atoms with Gasteiger partial charge in [-0.2, -0.15) is 0 Å². The zero-order chi connectivity index (χ0) is 16.6. The summed E-state index contributed by atoms with van der Waals surface area (Å²) in [5, 5.41) is 22.6. The molecular weight excluding hydrogens is 300 g/mol. The maximum atomic E-state index is 11.6. The van der Waals surface area contributed by atoms with Gasteiger partial charge < -0.3 is 19.8 Å². The highest BCUT2D eigenvalue weighted by Gasteiger charge is 2.47. The van der Waals surface area contributed by atoms with Gasteiger partial charge >= 0.3 is 0 Å². The molecule has 0 N–H and O–H groups in total. The Morgan fingerprint density at radius 2 is 0.909 bits per heavy atom. The van der Waals surface area contributed by atoms with E-state index < -0.39 is 47.7 Å². The molecule has 4 amide bonds. The number of carbonyl (C=O) groups excluding carboxylic acids is 6. The number of carbonyl (C=O) groups is 6. The van der Waals surface area contributed by atoms with Crippen molar-refractivity contribution in [1.29, 1.82) is 0 Å². The van der Waals surface area contributed by atoms with Crippen molar-refractivity contribution in [1.82, 2.24) is 9.80 Å². The SMILES string of the molecule is O=C([O-])C(C(C(=O)[O-])N1C(=O)CCC1=O)N1C(=O)CCC1=O. The highest BCUT2D eigenvalue weighted by molar-refractivity contribution is 6.09. The smallest absolute Gasteiger partial charge is 0.230 e. The summed E-state index contributed by atoms with van der Waals surface area (Å²) in [4.78, 5) is 69.6. The lowest BCUT2D eigenvalue weighted by Gasteiger charge is -2.38. The molecule has 10 nitrogen and oxygen atoms in total. The lowest BCUT2D eigenvalue weighted by atomic mass is 10.1. The molecule has 0 aromatic rings. The Labute approximate surface area is 123 Å². The molecule has 2 heterocycles. The van der Waals surface area contributed by atoms with Crippen LogP contribution in [0.4, 0.5) is 0 Å². The van der Waals surface area contributed by atoms with E-state index in [-0.39, 0.29) is 35.5 Å². The molecule has 2 saturated heterocycles. The molecule has 0 aromatic carbocycles. The molecular formula is C12H10N2O8-2. The van der Waals surface area contributed by atoms with Gasteiger partial charge in [-0.25, -0.2) is 0 Å². The van der Waals surface area contributed by atoms with Crippen LogP contribution in [-0.4, -0.2) is 57.5 Å². The molecule has 2 unspecified atom stereocenters. The third-order valence-electron chi connectivity index (χ3n) is 3.52. The van der Waals surface area contributed by atoms with Crippen molar-refractivity contribution >= 4 is 35.6 Å². The molecule has 2 aliphatic rings. The summed E-state index contributed by atoms with van der Waals surface area (Å²) in [6.07, 6.45) is -1.15. The summed E-state index contributed by atoms with van der Waals surface area (Å²) >= 11 is 0. The van der Waals surface area contributed by atoms with Gasteiger partial charge in [-0.05, 0) is 0 Å². The van der Waals surface area contributed by atoms with Crippen molar-refractivity contribution in [2.45, 2.75) is 37.8 Å². The molecule has 10 heteroatoms. The minimum atomic E-state index is -2.31. The monoisotopic (exact) mass is 310 g/mol. The first-order valence-corrected chi connectivity index (χ1v) is 6.37. The minimum absolute atomic E-state index is 0.217. The van der Waals surface area contributed by atoms with E-state index in [9.17, 15) is 39.0 Å². The van der Waals surface area contributed by atoms with E-state index in [0.717, 1.165) is 0 Å². The van der Waals surface area contributed by atoms with E-state index in [2.05, 4.69) is 0 Å². The second-order valence-electron chi connectivity index (χ2n) is 4.84. The molecule has 0 spiro atoms.